The van der Waals surface area contributed by atoms with E-state index >= 15 is 0 Å². The molecule has 0 aromatic heterocycles. The molecule has 130 valence electrons. The number of carbonyl (C=O) groups excluding carboxylic acids is 2. The second-order valence-corrected chi connectivity index (χ2v) is 5.86. The number of amides is 2. The minimum absolute atomic E-state index is 0.203. The molecule has 3 aliphatic rings. The zero-order chi connectivity index (χ0) is 17.4. The van der Waals surface area contributed by atoms with Crippen LogP contribution in [0.3, 0.4) is 0 Å². The van der Waals surface area contributed by atoms with Crippen molar-refractivity contribution in [1.82, 2.24) is 0 Å². The highest BCUT2D eigenvalue weighted by molar-refractivity contribution is 6.22. The number of methoxy groups -OCH3 is 2. The molecule has 2 bridgehead atoms. The number of benzene rings is 1. The molecule has 4 rings (SSSR count). The maximum Gasteiger partial charge on any atom is 0.240 e. The molecule has 24 heavy (non-hydrogen) atoms. The van der Waals surface area contributed by atoms with Crippen molar-refractivity contribution in [2.24, 2.45) is 11.8 Å². The Morgan fingerprint density at radius 3 is 1.75 bits per heavy atom. The Hall–Kier alpha value is -1.76. The maximum atomic E-state index is 12.8. The summed E-state index contributed by atoms with van der Waals surface area (Å²) in [6, 6.07) is 9.00. The van der Waals surface area contributed by atoms with Crippen LogP contribution in [0.4, 0.5) is 5.69 Å². The molecule has 6 nitrogen and oxygen atoms in total. The third-order valence-electron chi connectivity index (χ3n) is 4.95. The van der Waals surface area contributed by atoms with Gasteiger partial charge in [0.15, 0.2) is 0 Å². The summed E-state index contributed by atoms with van der Waals surface area (Å²) in [7, 11) is 3.15. The molecule has 0 aliphatic carbocycles. The van der Waals surface area contributed by atoms with Gasteiger partial charge in [-0.25, -0.2) is 4.90 Å². The van der Waals surface area contributed by atoms with Gasteiger partial charge in [-0.1, -0.05) is 32.0 Å². The fourth-order valence-electron chi connectivity index (χ4n) is 4.06. The van der Waals surface area contributed by atoms with E-state index in [1.54, 1.807) is 26.4 Å². The number of hydrogen-bond acceptors (Lipinski definition) is 5. The first-order valence-electron chi connectivity index (χ1n) is 8.33. The molecule has 3 heterocycles. The summed E-state index contributed by atoms with van der Waals surface area (Å²) in [5.41, 5.74) is 0.606. The minimum atomic E-state index is -0.478. The van der Waals surface area contributed by atoms with Gasteiger partial charge in [0.2, 0.25) is 11.8 Å². The largest absolute Gasteiger partial charge is 0.376 e. The normalized spacial score (nSPS) is 36.6. The Bertz CT molecular complexity index is 585. The molecule has 2 amide bonds. The van der Waals surface area contributed by atoms with Gasteiger partial charge >= 0.3 is 0 Å². The van der Waals surface area contributed by atoms with Gasteiger partial charge in [0.25, 0.3) is 0 Å². The number of carbonyl (C=O) groups is 2. The van der Waals surface area contributed by atoms with Gasteiger partial charge in [0, 0.05) is 14.2 Å². The molecule has 3 aliphatic heterocycles. The van der Waals surface area contributed by atoms with E-state index in [1.165, 1.54) is 4.90 Å². The van der Waals surface area contributed by atoms with Crippen molar-refractivity contribution in [2.45, 2.75) is 38.3 Å². The van der Waals surface area contributed by atoms with Crippen LogP contribution in [0.15, 0.2) is 30.3 Å². The van der Waals surface area contributed by atoms with Crippen LogP contribution in [0.1, 0.15) is 13.8 Å². The van der Waals surface area contributed by atoms with Crippen molar-refractivity contribution in [2.75, 3.05) is 19.1 Å². The zero-order valence-electron chi connectivity index (χ0n) is 14.3. The van der Waals surface area contributed by atoms with Gasteiger partial charge in [0.05, 0.1) is 29.7 Å². The van der Waals surface area contributed by atoms with Gasteiger partial charge in [-0.3, -0.25) is 9.59 Å². The van der Waals surface area contributed by atoms with Gasteiger partial charge in [-0.05, 0) is 12.1 Å². The topological polar surface area (TPSA) is 65.1 Å². The number of hydrogen-bond donors (Lipinski definition) is 0. The van der Waals surface area contributed by atoms with Crippen LogP contribution in [0.25, 0.3) is 0 Å². The Morgan fingerprint density at radius 1 is 0.875 bits per heavy atom. The number of ether oxygens (including phenoxy) is 3. The Labute approximate surface area is 141 Å². The lowest BCUT2D eigenvalue weighted by molar-refractivity contribution is -0.126. The first kappa shape index (κ1) is 17.1. The third kappa shape index (κ3) is 2.21. The van der Waals surface area contributed by atoms with Gasteiger partial charge in [-0.15, -0.1) is 0 Å². The van der Waals surface area contributed by atoms with E-state index in [9.17, 15) is 9.59 Å². The van der Waals surface area contributed by atoms with Crippen LogP contribution in [0.5, 0.6) is 0 Å². The Kier molecular flexibility index (Phi) is 4.71. The lowest BCUT2D eigenvalue weighted by atomic mass is 9.78. The monoisotopic (exact) mass is 333 g/mol. The number of fused-ring (bicyclic) bond motifs is 5. The molecule has 0 N–H and O–H groups in total. The van der Waals surface area contributed by atoms with Crippen LogP contribution < -0.4 is 4.90 Å². The molecule has 6 heteroatoms. The van der Waals surface area contributed by atoms with Crippen LogP contribution in [0.2, 0.25) is 0 Å². The van der Waals surface area contributed by atoms with Gasteiger partial charge < -0.3 is 14.2 Å². The highest BCUT2D eigenvalue weighted by Crippen LogP contribution is 2.51. The van der Waals surface area contributed by atoms with E-state index in [2.05, 4.69) is 0 Å². The van der Waals surface area contributed by atoms with Crippen molar-refractivity contribution in [3.8, 4) is 0 Å². The van der Waals surface area contributed by atoms with Crippen molar-refractivity contribution < 1.29 is 23.8 Å². The predicted molar refractivity (Wildman–Crippen MR) is 87.5 cm³/mol. The second-order valence-electron chi connectivity index (χ2n) is 5.86. The predicted octanol–water partition coefficient (Wildman–Crippen LogP) is 1.63. The summed E-state index contributed by atoms with van der Waals surface area (Å²) >= 11 is 0. The molecule has 1 aromatic rings. The van der Waals surface area contributed by atoms with Crippen molar-refractivity contribution >= 4 is 17.5 Å². The molecule has 6 unspecified atom stereocenters. The van der Waals surface area contributed by atoms with Crippen LogP contribution in [-0.2, 0) is 23.8 Å². The van der Waals surface area contributed by atoms with E-state index in [0.717, 1.165) is 0 Å². The number of rotatable bonds is 3. The van der Waals surface area contributed by atoms with Crippen LogP contribution in [0, 0.1) is 11.8 Å². The summed E-state index contributed by atoms with van der Waals surface area (Å²) in [5, 5.41) is 0. The number of imide groups is 1. The van der Waals surface area contributed by atoms with Gasteiger partial charge in [0.1, 0.15) is 12.2 Å². The number of nitrogens with zero attached hydrogens (tertiary/aromatic N) is 1. The molecule has 1 aromatic carbocycles. The van der Waals surface area contributed by atoms with Gasteiger partial charge in [-0.2, -0.15) is 0 Å². The third-order valence-corrected chi connectivity index (χ3v) is 4.95. The minimum Gasteiger partial charge on any atom is -0.376 e. The molecule has 3 fully saturated rings. The Morgan fingerprint density at radius 2 is 1.33 bits per heavy atom. The molecular weight excluding hydrogens is 310 g/mol. The van der Waals surface area contributed by atoms with E-state index in [0.29, 0.717) is 5.69 Å². The average molecular weight is 333 g/mol. The SMILES string of the molecule is CC.COC1C(OC)C2OC1C1C(=O)N(c3ccccc3)C(=O)C21. The molecule has 0 spiro atoms. The van der Waals surface area contributed by atoms with E-state index in [4.69, 9.17) is 14.2 Å². The maximum absolute atomic E-state index is 12.8. The summed E-state index contributed by atoms with van der Waals surface area (Å²) in [6.07, 6.45) is -1.47. The van der Waals surface area contributed by atoms with E-state index < -0.39 is 24.0 Å². The molecule has 3 saturated heterocycles. The molecule has 0 radical (unpaired) electrons. The summed E-state index contributed by atoms with van der Waals surface area (Å²) < 4.78 is 16.8. The number of anilines is 1. The summed E-state index contributed by atoms with van der Waals surface area (Å²) in [4.78, 5) is 26.8. The highest BCUT2D eigenvalue weighted by Gasteiger charge is 2.69. The lowest BCUT2D eigenvalue weighted by Gasteiger charge is -2.30. The summed E-state index contributed by atoms with van der Waals surface area (Å²) in [5.74, 6) is -1.36. The zero-order valence-corrected chi connectivity index (χ0v) is 14.3. The standard InChI is InChI=1S/C16H17NO5.C2H6/c1-20-13-11-9-10(12(22-11)14(13)21-2)16(19)17(15(9)18)8-6-4-3-5-7-8;1-2/h3-7,9-14H,1-2H3;1-2H3. The summed E-state index contributed by atoms with van der Waals surface area (Å²) in [6.45, 7) is 4.00. The first-order valence-corrected chi connectivity index (χ1v) is 8.33. The van der Waals surface area contributed by atoms with Crippen molar-refractivity contribution in [3.05, 3.63) is 30.3 Å². The van der Waals surface area contributed by atoms with Crippen molar-refractivity contribution in [1.29, 1.82) is 0 Å². The lowest BCUT2D eigenvalue weighted by Crippen LogP contribution is -2.49. The van der Waals surface area contributed by atoms with Crippen LogP contribution >= 0.6 is 0 Å². The van der Waals surface area contributed by atoms with Crippen molar-refractivity contribution in [3.63, 3.8) is 0 Å². The van der Waals surface area contributed by atoms with E-state index in [1.807, 2.05) is 32.0 Å². The molecule has 6 atom stereocenters. The highest BCUT2D eigenvalue weighted by atomic mass is 16.6. The molecular formula is C18H23NO5. The smallest absolute Gasteiger partial charge is 0.240 e. The fraction of sp³-hybridized carbons (Fsp3) is 0.556. The van der Waals surface area contributed by atoms with Crippen LogP contribution in [-0.4, -0.2) is 50.4 Å². The molecule has 0 saturated carbocycles. The fourth-order valence-corrected chi connectivity index (χ4v) is 4.06. The Balaban J connectivity index is 0.000000815. The second kappa shape index (κ2) is 6.63. The number of para-hydroxylation sites is 1. The average Bonchev–Trinajstić information content (AvgIpc) is 3.26. The van der Waals surface area contributed by atoms with E-state index in [-0.39, 0.29) is 24.0 Å². The quantitative estimate of drug-likeness (QED) is 0.787. The first-order chi connectivity index (χ1) is 11.7.